The number of aromatic nitrogens is 6. The maximum absolute atomic E-state index is 12.3. The van der Waals surface area contributed by atoms with E-state index >= 15 is 0 Å². The Morgan fingerprint density at radius 3 is 2.83 bits per heavy atom. The molecule has 0 aliphatic rings. The number of rotatable bonds is 8. The molecule has 0 saturated carbocycles. The summed E-state index contributed by atoms with van der Waals surface area (Å²) in [4.78, 5) is 30.1. The van der Waals surface area contributed by atoms with Gasteiger partial charge in [-0.15, -0.1) is 0 Å². The zero-order chi connectivity index (χ0) is 25.1. The van der Waals surface area contributed by atoms with Crippen molar-refractivity contribution in [2.75, 3.05) is 25.5 Å². The van der Waals surface area contributed by atoms with Gasteiger partial charge in [0.15, 0.2) is 5.65 Å². The molecule has 4 aromatic heterocycles. The first-order valence-electron chi connectivity index (χ1n) is 11.7. The molecule has 4 heterocycles. The van der Waals surface area contributed by atoms with E-state index in [0.717, 1.165) is 38.8 Å². The molecule has 10 heteroatoms. The summed E-state index contributed by atoms with van der Waals surface area (Å²) in [6, 6.07) is 11.4. The number of fused-ring (bicyclic) bond motifs is 2. The Kier molecular flexibility index (Phi) is 6.50. The molecule has 3 N–H and O–H groups in total. The van der Waals surface area contributed by atoms with Gasteiger partial charge in [0.2, 0.25) is 0 Å². The molecule has 0 aliphatic heterocycles. The Hall–Kier alpha value is -4.44. The lowest BCUT2D eigenvalue weighted by atomic mass is 9.95. The van der Waals surface area contributed by atoms with Gasteiger partial charge in [-0.3, -0.25) is 9.78 Å². The average Bonchev–Trinajstić information content (AvgIpc) is 3.33. The van der Waals surface area contributed by atoms with Gasteiger partial charge in [-0.1, -0.05) is 19.1 Å². The van der Waals surface area contributed by atoms with Gasteiger partial charge in [0.05, 0.1) is 30.6 Å². The Balaban J connectivity index is 1.35. The van der Waals surface area contributed by atoms with Crippen LogP contribution in [0.25, 0.3) is 33.2 Å². The standard InChI is InChI=1S/C26H26N8O2/c1-16(19-5-6-21(26(36)27-2)20-4-3-7-28-24(19)20)12-29-23-11-22(31-15-32-23)17-10-18-14-33-34(8-9-35)25(18)30-13-17/h3-7,10-11,13-16,35H,8-9,12H2,1-2H3,(H,27,36)(H,29,31,32)/t16-/m1/s1. The number of aliphatic hydroxyl groups is 1. The smallest absolute Gasteiger partial charge is 0.251 e. The highest BCUT2D eigenvalue weighted by atomic mass is 16.3. The number of hydrogen-bond donors (Lipinski definition) is 3. The van der Waals surface area contributed by atoms with Gasteiger partial charge < -0.3 is 15.7 Å². The van der Waals surface area contributed by atoms with Crippen molar-refractivity contribution in [3.05, 3.63) is 72.4 Å². The number of benzene rings is 1. The zero-order valence-electron chi connectivity index (χ0n) is 20.0. The van der Waals surface area contributed by atoms with Crippen molar-refractivity contribution in [3.63, 3.8) is 0 Å². The fourth-order valence-electron chi connectivity index (χ4n) is 4.27. The summed E-state index contributed by atoms with van der Waals surface area (Å²) in [6.45, 7) is 3.13. The van der Waals surface area contributed by atoms with E-state index in [-0.39, 0.29) is 18.4 Å². The van der Waals surface area contributed by atoms with Gasteiger partial charge in [-0.25, -0.2) is 19.6 Å². The molecule has 0 radical (unpaired) electrons. The fraction of sp³-hybridized carbons (Fsp3) is 0.231. The van der Waals surface area contributed by atoms with Gasteiger partial charge in [0.25, 0.3) is 5.91 Å². The van der Waals surface area contributed by atoms with E-state index in [1.807, 2.05) is 36.4 Å². The fourth-order valence-corrected chi connectivity index (χ4v) is 4.27. The molecular formula is C26H26N8O2. The maximum atomic E-state index is 12.3. The van der Waals surface area contributed by atoms with Crippen LogP contribution in [0.4, 0.5) is 5.82 Å². The lowest BCUT2D eigenvalue weighted by Gasteiger charge is -2.17. The molecule has 10 nitrogen and oxygen atoms in total. The highest BCUT2D eigenvalue weighted by molar-refractivity contribution is 6.06. The van der Waals surface area contributed by atoms with E-state index in [2.05, 4.69) is 42.6 Å². The first-order valence-corrected chi connectivity index (χ1v) is 11.7. The predicted molar refractivity (Wildman–Crippen MR) is 138 cm³/mol. The zero-order valence-corrected chi connectivity index (χ0v) is 20.0. The second-order valence-corrected chi connectivity index (χ2v) is 8.48. The molecule has 0 fully saturated rings. The summed E-state index contributed by atoms with van der Waals surface area (Å²) >= 11 is 0. The third-order valence-corrected chi connectivity index (χ3v) is 6.14. The number of anilines is 1. The van der Waals surface area contributed by atoms with Crippen molar-refractivity contribution in [3.8, 4) is 11.3 Å². The van der Waals surface area contributed by atoms with Crippen LogP contribution in [0.15, 0.2) is 61.3 Å². The van der Waals surface area contributed by atoms with Crippen molar-refractivity contribution in [2.45, 2.75) is 19.4 Å². The SMILES string of the molecule is CNC(=O)c1ccc([C@H](C)CNc2cc(-c3cnc4c(cnn4CCO)c3)ncn2)c2ncccc12. The normalized spacial score (nSPS) is 12.1. The number of amides is 1. The topological polar surface area (TPSA) is 131 Å². The van der Waals surface area contributed by atoms with Crippen LogP contribution in [-0.4, -0.2) is 60.9 Å². The average molecular weight is 483 g/mol. The second-order valence-electron chi connectivity index (χ2n) is 8.48. The molecule has 0 saturated heterocycles. The van der Waals surface area contributed by atoms with Crippen LogP contribution in [-0.2, 0) is 6.54 Å². The van der Waals surface area contributed by atoms with Crippen LogP contribution in [0, 0.1) is 0 Å². The Morgan fingerprint density at radius 1 is 1.11 bits per heavy atom. The van der Waals surface area contributed by atoms with E-state index in [1.165, 1.54) is 6.33 Å². The van der Waals surface area contributed by atoms with Crippen LogP contribution in [0.5, 0.6) is 0 Å². The first kappa shape index (κ1) is 23.3. The van der Waals surface area contributed by atoms with Crippen molar-refractivity contribution >= 4 is 33.7 Å². The van der Waals surface area contributed by atoms with Crippen LogP contribution in [0.1, 0.15) is 28.8 Å². The van der Waals surface area contributed by atoms with Gasteiger partial charge in [0.1, 0.15) is 12.1 Å². The molecular weight excluding hydrogens is 456 g/mol. The monoisotopic (exact) mass is 482 g/mol. The third kappa shape index (κ3) is 4.46. The van der Waals surface area contributed by atoms with Crippen LogP contribution < -0.4 is 10.6 Å². The van der Waals surface area contributed by atoms with E-state index in [9.17, 15) is 9.90 Å². The van der Waals surface area contributed by atoms with E-state index in [4.69, 9.17) is 0 Å². The molecule has 0 bridgehead atoms. The molecule has 0 spiro atoms. The molecule has 1 atom stereocenters. The number of carbonyl (C=O) groups is 1. The van der Waals surface area contributed by atoms with Gasteiger partial charge in [-0.05, 0) is 23.8 Å². The molecule has 5 aromatic rings. The second kappa shape index (κ2) is 10.0. The minimum atomic E-state index is -0.132. The molecule has 0 unspecified atom stereocenters. The van der Waals surface area contributed by atoms with Crippen molar-refractivity contribution in [2.24, 2.45) is 0 Å². The summed E-state index contributed by atoms with van der Waals surface area (Å²) in [5, 5.41) is 21.3. The molecule has 36 heavy (non-hydrogen) atoms. The van der Waals surface area contributed by atoms with Crippen LogP contribution in [0.3, 0.4) is 0 Å². The summed E-state index contributed by atoms with van der Waals surface area (Å²) in [5.41, 5.74) is 4.79. The lowest BCUT2D eigenvalue weighted by molar-refractivity contribution is 0.0964. The molecule has 1 amide bonds. The molecule has 1 aromatic carbocycles. The lowest BCUT2D eigenvalue weighted by Crippen LogP contribution is -2.19. The number of aliphatic hydroxyl groups excluding tert-OH is 1. The Morgan fingerprint density at radius 2 is 2.00 bits per heavy atom. The highest BCUT2D eigenvalue weighted by Crippen LogP contribution is 2.28. The van der Waals surface area contributed by atoms with Crippen LogP contribution >= 0.6 is 0 Å². The minimum absolute atomic E-state index is 0.00362. The first-order chi connectivity index (χ1) is 17.6. The van der Waals surface area contributed by atoms with Gasteiger partial charge >= 0.3 is 0 Å². The number of nitrogens with zero attached hydrogens (tertiary/aromatic N) is 6. The largest absolute Gasteiger partial charge is 0.394 e. The summed E-state index contributed by atoms with van der Waals surface area (Å²) in [5.74, 6) is 0.671. The third-order valence-electron chi connectivity index (χ3n) is 6.14. The number of carbonyl (C=O) groups excluding carboxylic acids is 1. The molecule has 5 rings (SSSR count). The summed E-state index contributed by atoms with van der Waals surface area (Å²) in [6.07, 6.45) is 6.75. The van der Waals surface area contributed by atoms with Gasteiger partial charge in [-0.2, -0.15) is 5.10 Å². The van der Waals surface area contributed by atoms with E-state index in [0.29, 0.717) is 24.5 Å². The minimum Gasteiger partial charge on any atom is -0.394 e. The predicted octanol–water partition coefficient (Wildman–Crippen LogP) is 3.00. The van der Waals surface area contributed by atoms with Crippen molar-refractivity contribution in [1.29, 1.82) is 0 Å². The highest BCUT2D eigenvalue weighted by Gasteiger charge is 2.16. The summed E-state index contributed by atoms with van der Waals surface area (Å²) < 4.78 is 1.67. The van der Waals surface area contributed by atoms with E-state index in [1.54, 1.807) is 30.3 Å². The van der Waals surface area contributed by atoms with Crippen molar-refractivity contribution in [1.82, 2.24) is 35.0 Å². The number of nitrogens with one attached hydrogen (secondary N) is 2. The van der Waals surface area contributed by atoms with Crippen molar-refractivity contribution < 1.29 is 9.90 Å². The van der Waals surface area contributed by atoms with Gasteiger partial charge in [0, 0.05) is 59.9 Å². The maximum Gasteiger partial charge on any atom is 0.251 e. The number of hydrogen-bond acceptors (Lipinski definition) is 8. The quantitative estimate of drug-likeness (QED) is 0.308. The summed E-state index contributed by atoms with van der Waals surface area (Å²) in [7, 11) is 1.62. The van der Waals surface area contributed by atoms with Crippen LogP contribution in [0.2, 0.25) is 0 Å². The van der Waals surface area contributed by atoms with E-state index < -0.39 is 0 Å². The Bertz CT molecular complexity index is 1550. The molecule has 182 valence electrons. The molecule has 0 aliphatic carbocycles. The number of pyridine rings is 2. The Labute approximate surface area is 207 Å².